The summed E-state index contributed by atoms with van der Waals surface area (Å²) in [6.45, 7) is 7.40. The van der Waals surface area contributed by atoms with Crippen LogP contribution in [0.5, 0.6) is 0 Å². The molecule has 3 nitrogen and oxygen atoms in total. The smallest absolute Gasteiger partial charge is 0.119 e. The highest BCUT2D eigenvalue weighted by molar-refractivity contribution is 5.58. The largest absolute Gasteiger partial charge is 0.388 e. The predicted molar refractivity (Wildman–Crippen MR) is 102 cm³/mol. The van der Waals surface area contributed by atoms with Crippen LogP contribution in [0.3, 0.4) is 0 Å². The van der Waals surface area contributed by atoms with Gasteiger partial charge in [-0.05, 0) is 42.0 Å². The van der Waals surface area contributed by atoms with Gasteiger partial charge in [-0.15, -0.1) is 0 Å². The quantitative estimate of drug-likeness (QED) is 0.769. The SMILES string of the molecule is CC(C)(C)c1ccc2c(c1)[C@H]1OCCC[C@H]1[C@H](C1C=C(F)C=CC1O)N2. The summed E-state index contributed by atoms with van der Waals surface area (Å²) in [5, 5.41) is 14.1. The van der Waals surface area contributed by atoms with E-state index >= 15 is 0 Å². The molecule has 0 spiro atoms. The average molecular weight is 357 g/mol. The first-order valence-electron chi connectivity index (χ1n) is 9.61. The van der Waals surface area contributed by atoms with Crippen LogP contribution in [0.1, 0.15) is 50.8 Å². The lowest BCUT2D eigenvalue weighted by atomic mass is 9.72. The molecule has 0 bridgehead atoms. The molecule has 0 amide bonds. The summed E-state index contributed by atoms with van der Waals surface area (Å²) in [4.78, 5) is 0. The van der Waals surface area contributed by atoms with E-state index in [1.54, 1.807) is 12.2 Å². The van der Waals surface area contributed by atoms with E-state index in [1.165, 1.54) is 17.2 Å². The van der Waals surface area contributed by atoms with Gasteiger partial charge >= 0.3 is 0 Å². The van der Waals surface area contributed by atoms with Crippen LogP contribution in [-0.2, 0) is 10.2 Å². The van der Waals surface area contributed by atoms with Crippen molar-refractivity contribution in [3.63, 3.8) is 0 Å². The van der Waals surface area contributed by atoms with E-state index in [9.17, 15) is 9.50 Å². The highest BCUT2D eigenvalue weighted by Gasteiger charge is 2.44. The van der Waals surface area contributed by atoms with Crippen LogP contribution in [0.4, 0.5) is 10.1 Å². The molecule has 1 saturated heterocycles. The average Bonchev–Trinajstić information content (AvgIpc) is 2.62. The Morgan fingerprint density at radius 3 is 2.85 bits per heavy atom. The molecule has 2 aliphatic heterocycles. The fourth-order valence-electron chi connectivity index (χ4n) is 4.53. The van der Waals surface area contributed by atoms with Crippen molar-refractivity contribution >= 4 is 5.69 Å². The number of benzene rings is 1. The zero-order chi connectivity index (χ0) is 18.5. The first-order valence-corrected chi connectivity index (χ1v) is 9.61. The lowest BCUT2D eigenvalue weighted by Crippen LogP contribution is -2.48. The van der Waals surface area contributed by atoms with Gasteiger partial charge in [0.25, 0.3) is 0 Å². The molecular weight excluding hydrogens is 329 g/mol. The number of ether oxygens (including phenoxy) is 1. The number of fused-ring (bicyclic) bond motifs is 3. The van der Waals surface area contributed by atoms with Crippen LogP contribution >= 0.6 is 0 Å². The first kappa shape index (κ1) is 17.7. The highest BCUT2D eigenvalue weighted by Crippen LogP contribution is 2.47. The van der Waals surface area contributed by atoms with Gasteiger partial charge in [-0.2, -0.15) is 0 Å². The van der Waals surface area contributed by atoms with Crippen LogP contribution in [-0.4, -0.2) is 23.9 Å². The molecule has 1 fully saturated rings. The Balaban J connectivity index is 1.73. The van der Waals surface area contributed by atoms with Crippen molar-refractivity contribution in [1.82, 2.24) is 0 Å². The van der Waals surface area contributed by atoms with Crippen LogP contribution in [0.25, 0.3) is 0 Å². The summed E-state index contributed by atoms with van der Waals surface area (Å²) in [6.07, 6.45) is 5.80. The second kappa shape index (κ2) is 6.50. The Bertz CT molecular complexity index is 749. The molecule has 0 radical (unpaired) electrons. The van der Waals surface area contributed by atoms with E-state index < -0.39 is 6.10 Å². The van der Waals surface area contributed by atoms with Gasteiger partial charge in [0.05, 0.1) is 12.2 Å². The molecule has 2 N–H and O–H groups in total. The summed E-state index contributed by atoms with van der Waals surface area (Å²) >= 11 is 0. The number of hydrogen-bond acceptors (Lipinski definition) is 3. The van der Waals surface area contributed by atoms with Crippen LogP contribution in [0.15, 0.2) is 42.3 Å². The molecule has 4 heteroatoms. The highest BCUT2D eigenvalue weighted by atomic mass is 19.1. The summed E-state index contributed by atoms with van der Waals surface area (Å²) < 4.78 is 20.1. The number of hydrogen-bond donors (Lipinski definition) is 2. The summed E-state index contributed by atoms with van der Waals surface area (Å²) in [6, 6.07) is 6.48. The standard InChI is InChI=1S/C22H28FNO2/c1-22(2,3)13-6-8-18-16(11-13)21-15(5-4-10-26-21)20(24-18)17-12-14(23)7-9-19(17)25/h6-9,11-12,15,17,19-21,24-25H,4-5,10H2,1-3H3/t15-,17?,19?,20+,21-/m0/s1. The van der Waals surface area contributed by atoms with E-state index in [0.717, 1.165) is 25.1 Å². The summed E-state index contributed by atoms with van der Waals surface area (Å²) in [5.41, 5.74) is 3.60. The third-order valence-electron chi connectivity index (χ3n) is 5.99. The van der Waals surface area contributed by atoms with E-state index in [1.807, 2.05) is 0 Å². The van der Waals surface area contributed by atoms with Gasteiger partial charge in [-0.25, -0.2) is 4.39 Å². The van der Waals surface area contributed by atoms with Crippen molar-refractivity contribution in [2.24, 2.45) is 11.8 Å². The summed E-state index contributed by atoms with van der Waals surface area (Å²) in [7, 11) is 0. The van der Waals surface area contributed by atoms with E-state index in [4.69, 9.17) is 4.74 Å². The molecule has 2 heterocycles. The third kappa shape index (κ3) is 3.10. The number of allylic oxidation sites excluding steroid dienone is 2. The van der Waals surface area contributed by atoms with Crippen LogP contribution in [0, 0.1) is 11.8 Å². The van der Waals surface area contributed by atoms with Crippen LogP contribution < -0.4 is 5.32 Å². The van der Waals surface area contributed by atoms with Gasteiger partial charge in [0.2, 0.25) is 0 Å². The number of halogens is 1. The van der Waals surface area contributed by atoms with Crippen molar-refractivity contribution in [2.45, 2.75) is 57.3 Å². The van der Waals surface area contributed by atoms with Crippen molar-refractivity contribution < 1.29 is 14.2 Å². The van der Waals surface area contributed by atoms with E-state index in [2.05, 4.69) is 44.3 Å². The maximum atomic E-state index is 13.9. The second-order valence-electron chi connectivity index (χ2n) is 8.80. The lowest BCUT2D eigenvalue weighted by molar-refractivity contribution is -0.0467. The molecule has 0 aromatic heterocycles. The first-order chi connectivity index (χ1) is 12.3. The minimum Gasteiger partial charge on any atom is -0.388 e. The van der Waals surface area contributed by atoms with Gasteiger partial charge in [0, 0.05) is 35.7 Å². The fourth-order valence-corrected chi connectivity index (χ4v) is 4.53. The minimum absolute atomic E-state index is 0.00173. The van der Waals surface area contributed by atoms with Crippen LogP contribution in [0.2, 0.25) is 0 Å². The Morgan fingerprint density at radius 1 is 1.27 bits per heavy atom. The third-order valence-corrected chi connectivity index (χ3v) is 5.99. The molecule has 1 aromatic rings. The monoisotopic (exact) mass is 357 g/mol. The zero-order valence-corrected chi connectivity index (χ0v) is 15.7. The predicted octanol–water partition coefficient (Wildman–Crippen LogP) is 4.65. The van der Waals surface area contributed by atoms with Gasteiger partial charge in [-0.1, -0.05) is 39.0 Å². The molecule has 5 atom stereocenters. The normalized spacial score (nSPS) is 33.7. The number of aliphatic hydroxyl groups is 1. The van der Waals surface area contributed by atoms with Gasteiger partial charge in [-0.3, -0.25) is 0 Å². The molecule has 140 valence electrons. The Kier molecular flexibility index (Phi) is 4.44. The van der Waals surface area contributed by atoms with E-state index in [0.29, 0.717) is 0 Å². The second-order valence-corrected chi connectivity index (χ2v) is 8.80. The number of rotatable bonds is 1. The molecule has 4 rings (SSSR count). The topological polar surface area (TPSA) is 41.5 Å². The number of nitrogens with one attached hydrogen (secondary N) is 1. The van der Waals surface area contributed by atoms with Crippen molar-refractivity contribution in [3.05, 3.63) is 53.4 Å². The van der Waals surface area contributed by atoms with Crippen molar-refractivity contribution in [2.75, 3.05) is 11.9 Å². The lowest BCUT2D eigenvalue weighted by Gasteiger charge is -2.46. The van der Waals surface area contributed by atoms with Gasteiger partial charge < -0.3 is 15.2 Å². The molecule has 2 unspecified atom stereocenters. The Labute approximate surface area is 154 Å². The molecule has 26 heavy (non-hydrogen) atoms. The van der Waals surface area contributed by atoms with Gasteiger partial charge in [0.1, 0.15) is 5.83 Å². The van der Waals surface area contributed by atoms with Crippen molar-refractivity contribution in [1.29, 1.82) is 0 Å². The number of anilines is 1. The molecule has 1 aromatic carbocycles. The molecule has 3 aliphatic rings. The molecule has 1 aliphatic carbocycles. The number of aliphatic hydroxyl groups excluding tert-OH is 1. The Hall–Kier alpha value is -1.65. The van der Waals surface area contributed by atoms with Gasteiger partial charge in [0.15, 0.2) is 0 Å². The molecular formula is C22H28FNO2. The zero-order valence-electron chi connectivity index (χ0n) is 15.7. The fraction of sp³-hybridized carbons (Fsp3) is 0.545. The maximum Gasteiger partial charge on any atom is 0.119 e. The summed E-state index contributed by atoms with van der Waals surface area (Å²) in [5.74, 6) is -0.337. The maximum absolute atomic E-state index is 13.9. The Morgan fingerprint density at radius 2 is 2.08 bits per heavy atom. The minimum atomic E-state index is -0.676. The molecule has 0 saturated carbocycles. The van der Waals surface area contributed by atoms with E-state index in [-0.39, 0.29) is 35.2 Å². The van der Waals surface area contributed by atoms with Crippen molar-refractivity contribution in [3.8, 4) is 0 Å².